The number of fused-ring (bicyclic) bond motifs is 1. The zero-order valence-electron chi connectivity index (χ0n) is 15.9. The normalized spacial score (nSPS) is 16.2. The van der Waals surface area contributed by atoms with Crippen molar-refractivity contribution in [2.75, 3.05) is 19.6 Å². The molecule has 0 bridgehead atoms. The molecule has 5 rings (SSSR count). The van der Waals surface area contributed by atoms with Crippen molar-refractivity contribution in [1.82, 2.24) is 44.0 Å². The molecule has 5 heterocycles. The fraction of sp³-hybridized carbons (Fsp3) is 0.421. The molecule has 0 amide bonds. The van der Waals surface area contributed by atoms with Crippen molar-refractivity contribution in [3.8, 4) is 5.82 Å². The molecular weight excluding hydrogens is 354 g/mol. The predicted molar refractivity (Wildman–Crippen MR) is 103 cm³/mol. The highest BCUT2D eigenvalue weighted by Crippen LogP contribution is 2.27. The van der Waals surface area contributed by atoms with Gasteiger partial charge in [0.05, 0.1) is 0 Å². The Hall–Kier alpha value is -3.07. The molecule has 0 saturated carbocycles. The van der Waals surface area contributed by atoms with E-state index < -0.39 is 0 Å². The Bertz CT molecular complexity index is 1050. The van der Waals surface area contributed by atoms with Gasteiger partial charge in [0, 0.05) is 50.7 Å². The van der Waals surface area contributed by atoms with Crippen molar-refractivity contribution < 1.29 is 0 Å². The number of rotatable bonds is 5. The van der Waals surface area contributed by atoms with Crippen LogP contribution in [0.2, 0.25) is 0 Å². The van der Waals surface area contributed by atoms with Crippen LogP contribution in [0.4, 0.5) is 0 Å². The van der Waals surface area contributed by atoms with Crippen molar-refractivity contribution in [3.05, 3.63) is 54.6 Å². The van der Waals surface area contributed by atoms with Crippen LogP contribution in [-0.2, 0) is 13.5 Å². The Morgan fingerprint density at radius 2 is 1.96 bits per heavy atom. The quantitative estimate of drug-likeness (QED) is 0.524. The van der Waals surface area contributed by atoms with Crippen LogP contribution >= 0.6 is 0 Å². The molecule has 1 aliphatic heterocycles. The molecule has 4 aromatic rings. The third-order valence-corrected chi connectivity index (χ3v) is 5.54. The zero-order valence-corrected chi connectivity index (χ0v) is 15.9. The average Bonchev–Trinajstić information content (AvgIpc) is 3.47. The second kappa shape index (κ2) is 7.16. The first kappa shape index (κ1) is 17.1. The van der Waals surface area contributed by atoms with Gasteiger partial charge in [-0.3, -0.25) is 0 Å². The van der Waals surface area contributed by atoms with Gasteiger partial charge in [-0.05, 0) is 44.1 Å². The Labute approximate surface area is 162 Å². The lowest BCUT2D eigenvalue weighted by Gasteiger charge is -2.30. The first-order valence-electron chi connectivity index (χ1n) is 9.69. The van der Waals surface area contributed by atoms with Crippen molar-refractivity contribution in [1.29, 1.82) is 0 Å². The van der Waals surface area contributed by atoms with E-state index in [-0.39, 0.29) is 0 Å². The molecule has 1 saturated heterocycles. The minimum atomic E-state index is 0.375. The van der Waals surface area contributed by atoms with E-state index in [9.17, 15) is 0 Å². The molecule has 9 heteroatoms. The summed E-state index contributed by atoms with van der Waals surface area (Å²) in [5, 5.41) is 17.7. The SMILES string of the molecule is Cn1ccnc1CCN1CCC(c2nnc3ccc(-n4cccn4)nn23)CC1. The Kier molecular flexibility index (Phi) is 4.36. The number of likely N-dealkylation sites (tertiary alicyclic amines) is 1. The van der Waals surface area contributed by atoms with Crippen LogP contribution in [-0.4, -0.2) is 63.7 Å². The van der Waals surface area contributed by atoms with Crippen LogP contribution in [0.15, 0.2) is 43.0 Å². The number of aromatic nitrogens is 8. The molecule has 0 radical (unpaired) electrons. The lowest BCUT2D eigenvalue weighted by molar-refractivity contribution is 0.209. The maximum Gasteiger partial charge on any atom is 0.178 e. The van der Waals surface area contributed by atoms with E-state index in [0.717, 1.165) is 62.0 Å². The van der Waals surface area contributed by atoms with Gasteiger partial charge in [0.15, 0.2) is 17.3 Å². The van der Waals surface area contributed by atoms with E-state index in [1.165, 1.54) is 0 Å². The van der Waals surface area contributed by atoms with Gasteiger partial charge in [-0.15, -0.1) is 15.3 Å². The fourth-order valence-electron chi connectivity index (χ4n) is 3.89. The number of aryl methyl sites for hydroxylation is 1. The third-order valence-electron chi connectivity index (χ3n) is 5.54. The number of piperidine rings is 1. The number of hydrogen-bond donors (Lipinski definition) is 0. The van der Waals surface area contributed by atoms with Crippen LogP contribution in [0.25, 0.3) is 11.5 Å². The Balaban J connectivity index is 1.28. The van der Waals surface area contributed by atoms with E-state index in [1.54, 1.807) is 10.9 Å². The largest absolute Gasteiger partial charge is 0.338 e. The van der Waals surface area contributed by atoms with Crippen LogP contribution < -0.4 is 0 Å². The maximum absolute atomic E-state index is 4.72. The predicted octanol–water partition coefficient (Wildman–Crippen LogP) is 1.47. The molecule has 0 unspecified atom stereocenters. The van der Waals surface area contributed by atoms with E-state index in [2.05, 4.69) is 36.8 Å². The minimum Gasteiger partial charge on any atom is -0.338 e. The molecule has 4 aromatic heterocycles. The maximum atomic E-state index is 4.72. The summed E-state index contributed by atoms with van der Waals surface area (Å²) in [7, 11) is 2.05. The molecule has 0 atom stereocenters. The highest BCUT2D eigenvalue weighted by Gasteiger charge is 2.25. The Morgan fingerprint density at radius 1 is 1.07 bits per heavy atom. The average molecular weight is 377 g/mol. The summed E-state index contributed by atoms with van der Waals surface area (Å²) in [5.74, 6) is 3.24. The van der Waals surface area contributed by atoms with Gasteiger partial charge in [0.25, 0.3) is 0 Å². The van der Waals surface area contributed by atoms with Crippen molar-refractivity contribution >= 4 is 5.65 Å². The van der Waals surface area contributed by atoms with E-state index in [0.29, 0.717) is 5.92 Å². The highest BCUT2D eigenvalue weighted by atomic mass is 15.4. The topological polar surface area (TPSA) is 82.0 Å². The van der Waals surface area contributed by atoms with E-state index >= 15 is 0 Å². The molecule has 1 fully saturated rings. The minimum absolute atomic E-state index is 0.375. The van der Waals surface area contributed by atoms with Gasteiger partial charge in [-0.2, -0.15) is 9.61 Å². The summed E-state index contributed by atoms with van der Waals surface area (Å²) in [6, 6.07) is 5.75. The van der Waals surface area contributed by atoms with E-state index in [1.807, 2.05) is 41.3 Å². The lowest BCUT2D eigenvalue weighted by atomic mass is 9.96. The van der Waals surface area contributed by atoms with Crippen LogP contribution in [0.1, 0.15) is 30.4 Å². The molecule has 0 N–H and O–H groups in total. The van der Waals surface area contributed by atoms with Crippen molar-refractivity contribution in [2.45, 2.75) is 25.2 Å². The van der Waals surface area contributed by atoms with Gasteiger partial charge in [0.1, 0.15) is 5.82 Å². The number of nitrogens with zero attached hydrogens (tertiary/aromatic N) is 9. The third kappa shape index (κ3) is 3.18. The van der Waals surface area contributed by atoms with Gasteiger partial charge in [-0.1, -0.05) is 0 Å². The summed E-state index contributed by atoms with van der Waals surface area (Å²) in [5.41, 5.74) is 0.781. The molecule has 1 aliphatic rings. The van der Waals surface area contributed by atoms with E-state index in [4.69, 9.17) is 5.10 Å². The number of hydrogen-bond acceptors (Lipinski definition) is 6. The molecule has 9 nitrogen and oxygen atoms in total. The summed E-state index contributed by atoms with van der Waals surface area (Å²) in [4.78, 5) is 6.93. The van der Waals surface area contributed by atoms with Gasteiger partial charge >= 0.3 is 0 Å². The monoisotopic (exact) mass is 377 g/mol. The second-order valence-corrected chi connectivity index (χ2v) is 7.29. The van der Waals surface area contributed by atoms with Gasteiger partial charge in [-0.25, -0.2) is 9.67 Å². The standard InChI is InChI=1S/C19H23N9/c1-25-14-9-20-16(25)7-13-26-11-5-15(6-12-26)19-23-22-17-3-4-18(24-28(17)19)27-10-2-8-21-27/h2-4,8-10,14-15H,5-7,11-13H2,1H3. The molecule has 0 aromatic carbocycles. The summed E-state index contributed by atoms with van der Waals surface area (Å²) < 4.78 is 5.73. The molecule has 144 valence electrons. The molecule has 0 spiro atoms. The smallest absolute Gasteiger partial charge is 0.178 e. The van der Waals surface area contributed by atoms with Crippen LogP contribution in [0, 0.1) is 0 Å². The van der Waals surface area contributed by atoms with Crippen LogP contribution in [0.5, 0.6) is 0 Å². The summed E-state index contributed by atoms with van der Waals surface area (Å²) >= 11 is 0. The lowest BCUT2D eigenvalue weighted by Crippen LogP contribution is -2.35. The molecule has 0 aliphatic carbocycles. The van der Waals surface area contributed by atoms with Crippen LogP contribution in [0.3, 0.4) is 0 Å². The summed E-state index contributed by atoms with van der Waals surface area (Å²) in [6.07, 6.45) is 10.6. The summed E-state index contributed by atoms with van der Waals surface area (Å²) in [6.45, 7) is 3.16. The Morgan fingerprint density at radius 3 is 2.71 bits per heavy atom. The zero-order chi connectivity index (χ0) is 18.9. The number of imidazole rings is 1. The highest BCUT2D eigenvalue weighted by molar-refractivity contribution is 5.39. The second-order valence-electron chi connectivity index (χ2n) is 7.29. The first-order valence-corrected chi connectivity index (χ1v) is 9.69. The molecular formula is C19H23N9. The first-order chi connectivity index (χ1) is 13.8. The van der Waals surface area contributed by atoms with Gasteiger partial charge in [0.2, 0.25) is 0 Å². The van der Waals surface area contributed by atoms with Crippen molar-refractivity contribution in [3.63, 3.8) is 0 Å². The fourth-order valence-corrected chi connectivity index (χ4v) is 3.89. The van der Waals surface area contributed by atoms with Crippen molar-refractivity contribution in [2.24, 2.45) is 7.05 Å². The van der Waals surface area contributed by atoms with Gasteiger partial charge < -0.3 is 9.47 Å². The molecule has 28 heavy (non-hydrogen) atoms.